The molecule has 1 aliphatic heterocycles. The molecule has 0 aromatic carbocycles. The molecule has 2 unspecified atom stereocenters. The number of hydroxylamine groups is 3. The minimum absolute atomic E-state index is 0.00154. The van der Waals surface area contributed by atoms with E-state index in [1.165, 1.54) is 75.7 Å². The summed E-state index contributed by atoms with van der Waals surface area (Å²) in [6, 6.07) is -11.9. The SMILES string of the molecule is C=[N+]1C(=O)[C@H](C)NC(=O)[C@@H](C)NC(=O)[C@@H](CC(C)C)N(C)C(=O)[C@@H](C(C)C)NC(=O)[C@H](CC(C)(C)C)N(C)C(=O)[C@H](SC)N(C)C(=O)[C@@H](CC)NC(=O)C([C@@H](O)[C@H](C)C/C=C/C)N(C)C(=O)[C@@H](C(C)C)N(C)C(=O)[C@@H](CC(C)C)[N+](C)([O-])[C@H]1CC(C)C. The van der Waals surface area contributed by atoms with Crippen LogP contribution in [0.25, 0.3) is 0 Å². The lowest BCUT2D eigenvalue weighted by atomic mass is 9.87. The smallest absolute Gasteiger partial charge is 0.413 e. The number of carbonyl (C=O) groups is 10. The molecule has 23 nitrogen and oxygen atoms in total. The van der Waals surface area contributed by atoms with Crippen molar-refractivity contribution in [2.45, 2.75) is 235 Å². The van der Waals surface area contributed by atoms with Crippen molar-refractivity contribution in [3.8, 4) is 0 Å². The molecule has 0 aromatic heterocycles. The van der Waals surface area contributed by atoms with E-state index in [-0.39, 0.29) is 49.9 Å². The fraction of sp³-hybridized carbons (Fsp3) is 0.794. The Bertz CT molecular complexity index is 2430. The monoisotopic (exact) mass is 1250 g/mol. The van der Waals surface area contributed by atoms with E-state index >= 15 is 14.8 Å². The third-order valence-corrected chi connectivity index (χ3v) is 17.4. The fourth-order valence-electron chi connectivity index (χ4n) is 11.1. The highest BCUT2D eigenvalue weighted by Crippen LogP contribution is 2.31. The van der Waals surface area contributed by atoms with Crippen LogP contribution in [0.5, 0.6) is 0 Å². The Hall–Kier alpha value is -5.46. The van der Waals surface area contributed by atoms with Gasteiger partial charge in [0.1, 0.15) is 49.0 Å². The molecule has 0 bridgehead atoms. The molecule has 0 spiro atoms. The number of hydrogen-bond acceptors (Lipinski definition) is 13. The molecule has 0 aromatic rings. The molecule has 498 valence electrons. The molecule has 14 atom stereocenters. The summed E-state index contributed by atoms with van der Waals surface area (Å²) in [6.07, 6.45) is 2.92. The number of likely N-dealkylation sites (N-methyl/N-ethyl adjacent to an activating group) is 6. The second-order valence-electron chi connectivity index (χ2n) is 27.4. The minimum Gasteiger partial charge on any atom is -0.628 e. The maximum Gasteiger partial charge on any atom is 0.413 e. The summed E-state index contributed by atoms with van der Waals surface area (Å²) in [7, 11) is 8.26. The Balaban J connectivity index is 4.50. The van der Waals surface area contributed by atoms with Gasteiger partial charge in [-0.05, 0) is 93.6 Å². The van der Waals surface area contributed by atoms with E-state index in [9.17, 15) is 43.5 Å². The van der Waals surface area contributed by atoms with E-state index < -0.39 is 159 Å². The lowest BCUT2D eigenvalue weighted by molar-refractivity contribution is -0.976. The van der Waals surface area contributed by atoms with Gasteiger partial charge in [0.15, 0.2) is 17.5 Å². The van der Waals surface area contributed by atoms with E-state index in [1.807, 2.05) is 62.3 Å². The molecule has 10 amide bonds. The molecule has 0 aliphatic carbocycles. The van der Waals surface area contributed by atoms with Crippen LogP contribution in [0.2, 0.25) is 0 Å². The summed E-state index contributed by atoms with van der Waals surface area (Å²) in [5.41, 5.74) is -0.570. The summed E-state index contributed by atoms with van der Waals surface area (Å²) in [5, 5.41) is 37.7. The predicted molar refractivity (Wildman–Crippen MR) is 342 cm³/mol. The van der Waals surface area contributed by atoms with Gasteiger partial charge in [0.25, 0.3) is 18.0 Å². The molecule has 87 heavy (non-hydrogen) atoms. The lowest BCUT2D eigenvalue weighted by Gasteiger charge is -2.49. The van der Waals surface area contributed by atoms with Gasteiger partial charge in [-0.2, -0.15) is 0 Å². The standard InChI is InChI=1S/C63H113N11O12S/c1-27-29-30-40(13)51(75)50-55(79)66-43(28-2)57(81)73(24)62(87-26)61(85)69(20)45(34-63(16,17)18)54(78)67-48(38(9)10)59(83)68(19)44(31-35(3)4)53(77)64-41(14)52(76)65-42(15)56(80)70(21)47(33-37(7)8)74(25,86)46(32-36(5)6)58(82)71(22)49(39(11)12)60(84)72(50)23/h27,29,35-51,62,75H,21,28,30-34H2,1-20,22-26H3,(H3-,64,65,66,67,76,77,78,79)/p+1/b29-27+/t40-,41-,42+,43-,44-,45+,46-,47+,48-,49-,50?,51+,62+,74?/m1/s1. The first-order valence-corrected chi connectivity index (χ1v) is 32.3. The Morgan fingerprint density at radius 1 is 0.632 bits per heavy atom. The second kappa shape index (κ2) is 34.5. The number of nitrogens with zero attached hydrogens (tertiary/aromatic N) is 7. The van der Waals surface area contributed by atoms with E-state index in [0.717, 1.165) is 21.2 Å². The van der Waals surface area contributed by atoms with Crippen LogP contribution in [-0.2, 0) is 47.9 Å². The highest BCUT2D eigenvalue weighted by Gasteiger charge is 2.51. The normalized spacial score (nSPS) is 29.1. The van der Waals surface area contributed by atoms with Crippen molar-refractivity contribution in [2.75, 3.05) is 48.5 Å². The van der Waals surface area contributed by atoms with Crippen LogP contribution in [-0.4, -0.2) is 225 Å². The number of carbonyl (C=O) groups excluding carboxylic acids is 10. The zero-order chi connectivity index (χ0) is 67.8. The summed E-state index contributed by atoms with van der Waals surface area (Å²) in [6.45, 7) is 35.6. The number of rotatable bonds is 15. The van der Waals surface area contributed by atoms with Gasteiger partial charge in [-0.15, -0.1) is 16.3 Å². The zero-order valence-electron chi connectivity index (χ0n) is 57.5. The number of hydrogen-bond donors (Lipinski definition) is 5. The maximum absolute atomic E-state index is 15.7. The topological polar surface area (TPSA) is 281 Å². The van der Waals surface area contributed by atoms with Crippen LogP contribution in [0, 0.1) is 46.1 Å². The van der Waals surface area contributed by atoms with Gasteiger partial charge in [-0.25, -0.2) is 4.79 Å². The van der Waals surface area contributed by atoms with Crippen LogP contribution < -0.4 is 21.3 Å². The minimum atomic E-state index is -1.65. The Morgan fingerprint density at radius 3 is 1.59 bits per heavy atom. The second-order valence-corrected chi connectivity index (χ2v) is 28.4. The molecule has 1 heterocycles. The van der Waals surface area contributed by atoms with Gasteiger partial charge < -0.3 is 56.1 Å². The van der Waals surface area contributed by atoms with Crippen molar-refractivity contribution in [2.24, 2.45) is 40.9 Å². The first kappa shape index (κ1) is 79.6. The van der Waals surface area contributed by atoms with Crippen LogP contribution in [0.4, 0.5) is 0 Å². The van der Waals surface area contributed by atoms with Crippen molar-refractivity contribution >= 4 is 77.6 Å². The fourth-order valence-corrected chi connectivity index (χ4v) is 11.9. The molecule has 0 radical (unpaired) electrons. The summed E-state index contributed by atoms with van der Waals surface area (Å²) in [5.74, 6) is -9.76. The number of amides is 10. The molecule has 5 N–H and O–H groups in total. The third-order valence-electron chi connectivity index (χ3n) is 16.5. The molecule has 1 saturated heterocycles. The van der Waals surface area contributed by atoms with E-state index in [2.05, 4.69) is 28.0 Å². The highest BCUT2D eigenvalue weighted by atomic mass is 32.2. The number of aliphatic hydroxyl groups excluding tert-OH is 1. The summed E-state index contributed by atoms with van der Waals surface area (Å²) >= 11 is 1.01. The first-order chi connectivity index (χ1) is 39.9. The number of aliphatic hydroxyl groups is 1. The average Bonchev–Trinajstić information content (AvgIpc) is 1.06. The average molecular weight is 1250 g/mol. The van der Waals surface area contributed by atoms with Crippen molar-refractivity contribution in [1.29, 1.82) is 0 Å². The first-order valence-electron chi connectivity index (χ1n) is 31.0. The highest BCUT2D eigenvalue weighted by molar-refractivity contribution is 7.99. The molecular formula is C63H114N11O12S+. The van der Waals surface area contributed by atoms with Crippen molar-refractivity contribution in [3.63, 3.8) is 0 Å². The van der Waals surface area contributed by atoms with Crippen LogP contribution >= 0.6 is 11.8 Å². The molecule has 24 heteroatoms. The lowest BCUT2D eigenvalue weighted by Crippen LogP contribution is -2.67. The van der Waals surface area contributed by atoms with Gasteiger partial charge >= 0.3 is 5.91 Å². The Labute approximate surface area is 525 Å². The van der Waals surface area contributed by atoms with E-state index in [1.54, 1.807) is 66.9 Å². The quantitative estimate of drug-likeness (QED) is 0.0651. The van der Waals surface area contributed by atoms with Crippen molar-refractivity contribution in [1.82, 2.24) is 45.8 Å². The molecule has 1 aliphatic rings. The van der Waals surface area contributed by atoms with Crippen LogP contribution in [0.3, 0.4) is 0 Å². The Morgan fingerprint density at radius 2 is 1.13 bits per heavy atom. The van der Waals surface area contributed by atoms with Crippen molar-refractivity contribution < 1.29 is 62.3 Å². The van der Waals surface area contributed by atoms with Gasteiger partial charge in [0.2, 0.25) is 41.4 Å². The number of allylic oxidation sites excluding steroid dienone is 2. The zero-order valence-corrected chi connectivity index (χ0v) is 58.3. The van der Waals surface area contributed by atoms with Crippen LogP contribution in [0.15, 0.2) is 12.2 Å². The van der Waals surface area contributed by atoms with Gasteiger partial charge in [0.05, 0.1) is 19.6 Å². The number of nitrogens with one attached hydrogen (secondary N) is 4. The number of quaternary nitrogens is 1. The molecular weight excluding hydrogens is 1130 g/mol. The molecule has 0 saturated carbocycles. The van der Waals surface area contributed by atoms with E-state index in [0.29, 0.717) is 6.42 Å². The molecule has 1 rings (SSSR count). The molecule has 1 fully saturated rings. The van der Waals surface area contributed by atoms with Gasteiger partial charge in [0, 0.05) is 41.7 Å². The number of thioether (sulfide) groups is 1. The van der Waals surface area contributed by atoms with Gasteiger partial charge in [-0.3, -0.25) is 47.8 Å². The van der Waals surface area contributed by atoms with Crippen molar-refractivity contribution in [3.05, 3.63) is 17.4 Å². The Kier molecular flexibility index (Phi) is 31.5. The van der Waals surface area contributed by atoms with Crippen LogP contribution in [0.1, 0.15) is 163 Å². The third kappa shape index (κ3) is 21.6. The largest absolute Gasteiger partial charge is 0.628 e. The summed E-state index contributed by atoms with van der Waals surface area (Å²) < 4.78 is -0.369. The maximum atomic E-state index is 15.7. The van der Waals surface area contributed by atoms with E-state index in [4.69, 9.17) is 0 Å². The van der Waals surface area contributed by atoms with Gasteiger partial charge in [-0.1, -0.05) is 116 Å². The predicted octanol–water partition coefficient (Wildman–Crippen LogP) is 4.57. The summed E-state index contributed by atoms with van der Waals surface area (Å²) in [4.78, 5) is 153.